The molecule has 0 saturated heterocycles. The average molecular weight is 713 g/mol. The van der Waals surface area contributed by atoms with Gasteiger partial charge >= 0.3 is 12.2 Å². The third-order valence-electron chi connectivity index (χ3n) is 7.90. The molecule has 4 N–H and O–H groups in total. The Labute approximate surface area is 307 Å². The van der Waals surface area contributed by atoms with Crippen LogP contribution < -0.4 is 20.1 Å². The Morgan fingerprint density at radius 2 is 1.08 bits per heavy atom. The van der Waals surface area contributed by atoms with Crippen molar-refractivity contribution < 1.29 is 38.7 Å². The molecule has 10 nitrogen and oxygen atoms in total. The van der Waals surface area contributed by atoms with Crippen molar-refractivity contribution in [2.45, 2.75) is 96.5 Å². The fraction of sp³-hybridized carbons (Fsp3) is 0.381. The summed E-state index contributed by atoms with van der Waals surface area (Å²) in [6, 6.07) is 32.4. The number of benzene rings is 4. The van der Waals surface area contributed by atoms with Crippen molar-refractivity contribution in [1.82, 2.24) is 10.6 Å². The lowest BCUT2D eigenvalue weighted by atomic mass is 9.82. The normalized spacial score (nSPS) is 13.9. The molecule has 0 fully saturated rings. The number of amides is 2. The number of hydrogen-bond donors (Lipinski definition) is 4. The number of nitrogens with one attached hydrogen (secondary N) is 2. The van der Waals surface area contributed by atoms with E-state index in [9.17, 15) is 19.8 Å². The third kappa shape index (κ3) is 13.6. The number of aliphatic hydroxyl groups is 2. The van der Waals surface area contributed by atoms with Gasteiger partial charge in [0.15, 0.2) is 0 Å². The van der Waals surface area contributed by atoms with Crippen molar-refractivity contribution >= 4 is 12.2 Å². The smallest absolute Gasteiger partial charge is 0.407 e. The zero-order valence-electron chi connectivity index (χ0n) is 30.9. The first-order valence-electron chi connectivity index (χ1n) is 17.5. The highest BCUT2D eigenvalue weighted by atomic mass is 16.6. The van der Waals surface area contributed by atoms with Crippen molar-refractivity contribution in [3.63, 3.8) is 0 Å². The molecular formula is C42H52N2O8. The van der Waals surface area contributed by atoms with Gasteiger partial charge in [0.25, 0.3) is 0 Å². The fourth-order valence-electron chi connectivity index (χ4n) is 5.54. The molecule has 4 aromatic carbocycles. The quantitative estimate of drug-likeness (QED) is 0.101. The van der Waals surface area contributed by atoms with Gasteiger partial charge < -0.3 is 39.8 Å². The average Bonchev–Trinajstić information content (AvgIpc) is 3.10. The minimum Gasteiger partial charge on any atom is -0.488 e. The summed E-state index contributed by atoms with van der Waals surface area (Å²) in [6.07, 6.45) is -4.21. The highest BCUT2D eigenvalue weighted by molar-refractivity contribution is 5.68. The Kier molecular flexibility index (Phi) is 14.1. The summed E-state index contributed by atoms with van der Waals surface area (Å²) in [5.41, 5.74) is 2.46. The first kappa shape index (κ1) is 39.7. The number of hydrogen-bond acceptors (Lipinski definition) is 8. The summed E-state index contributed by atoms with van der Waals surface area (Å²) in [6.45, 7) is 11.5. The SMILES string of the molecule is CC(C)(C)Oc1ccc(CC(c2ccc(OC(C)(C)C)cc2)C(NC(=O)OCc2ccccc2)C(O)C(O)CNC(=O)OCc2ccccc2)cc1. The minimum absolute atomic E-state index is 0.00555. The minimum atomic E-state index is -1.54. The molecule has 4 rings (SSSR count). The molecule has 278 valence electrons. The Bertz CT molecular complexity index is 1670. The van der Waals surface area contributed by atoms with E-state index in [1.54, 1.807) is 0 Å². The van der Waals surface area contributed by atoms with Gasteiger partial charge in [-0.2, -0.15) is 0 Å². The third-order valence-corrected chi connectivity index (χ3v) is 7.90. The van der Waals surface area contributed by atoms with Crippen molar-refractivity contribution in [3.05, 3.63) is 131 Å². The standard InChI is InChI=1S/C42H52N2O8/c1-41(2,3)51-33-21-17-29(18-22-33)25-35(32-19-23-34(24-20-32)52-42(4,5)6)37(44-40(48)50-28-31-15-11-8-12-16-31)38(46)36(45)26-43-39(47)49-27-30-13-9-7-10-14-30/h7-24,35-38,45-46H,25-28H2,1-6H3,(H,43,47)(H,44,48). The van der Waals surface area contributed by atoms with Crippen LogP contribution in [0.25, 0.3) is 0 Å². The molecule has 0 saturated carbocycles. The Balaban J connectivity index is 1.60. The van der Waals surface area contributed by atoms with Gasteiger partial charge in [0, 0.05) is 12.5 Å². The number of carbonyl (C=O) groups is 2. The second-order valence-electron chi connectivity index (χ2n) is 14.7. The maximum atomic E-state index is 13.4. The van der Waals surface area contributed by atoms with Crippen LogP contribution in [0.5, 0.6) is 11.5 Å². The van der Waals surface area contributed by atoms with Crippen LogP contribution in [0.2, 0.25) is 0 Å². The van der Waals surface area contributed by atoms with Crippen LogP contribution in [-0.2, 0) is 29.1 Å². The topological polar surface area (TPSA) is 136 Å². The van der Waals surface area contributed by atoms with Gasteiger partial charge in [0.2, 0.25) is 0 Å². The maximum Gasteiger partial charge on any atom is 0.407 e. The molecule has 52 heavy (non-hydrogen) atoms. The molecule has 0 aliphatic rings. The first-order chi connectivity index (χ1) is 24.6. The lowest BCUT2D eigenvalue weighted by molar-refractivity contribution is -0.00968. The van der Waals surface area contributed by atoms with Crippen molar-refractivity contribution in [3.8, 4) is 11.5 Å². The van der Waals surface area contributed by atoms with Crippen LogP contribution >= 0.6 is 0 Å². The molecule has 4 aromatic rings. The Hall–Kier alpha value is -5.06. The molecule has 4 unspecified atom stereocenters. The Morgan fingerprint density at radius 3 is 1.56 bits per heavy atom. The van der Waals surface area contributed by atoms with E-state index in [1.165, 1.54) is 0 Å². The molecule has 2 amide bonds. The van der Waals surface area contributed by atoms with Crippen LogP contribution in [0.15, 0.2) is 109 Å². The summed E-state index contributed by atoms with van der Waals surface area (Å²) >= 11 is 0. The monoisotopic (exact) mass is 712 g/mol. The largest absolute Gasteiger partial charge is 0.488 e. The second-order valence-corrected chi connectivity index (χ2v) is 14.7. The van der Waals surface area contributed by atoms with Crippen molar-refractivity contribution in [2.24, 2.45) is 0 Å². The van der Waals surface area contributed by atoms with E-state index in [0.29, 0.717) is 17.9 Å². The molecule has 0 radical (unpaired) electrons. The van der Waals surface area contributed by atoms with Crippen LogP contribution in [0.1, 0.15) is 69.7 Å². The summed E-state index contributed by atoms with van der Waals surface area (Å²) in [5, 5.41) is 28.4. The van der Waals surface area contributed by atoms with Crippen LogP contribution in [0.3, 0.4) is 0 Å². The maximum absolute atomic E-state index is 13.4. The first-order valence-corrected chi connectivity index (χ1v) is 17.5. The van der Waals surface area contributed by atoms with Gasteiger partial charge in [0.1, 0.15) is 42.0 Å². The molecule has 0 heterocycles. The van der Waals surface area contributed by atoms with Gasteiger partial charge in [0.05, 0.1) is 12.1 Å². The summed E-state index contributed by atoms with van der Waals surface area (Å²) in [4.78, 5) is 25.9. The molecule has 10 heteroatoms. The van der Waals surface area contributed by atoms with Gasteiger partial charge in [-0.15, -0.1) is 0 Å². The molecule has 0 aliphatic carbocycles. The number of aliphatic hydroxyl groups excluding tert-OH is 2. The molecule has 0 bridgehead atoms. The van der Waals surface area contributed by atoms with E-state index in [2.05, 4.69) is 10.6 Å². The zero-order valence-corrected chi connectivity index (χ0v) is 30.9. The van der Waals surface area contributed by atoms with E-state index in [-0.39, 0.29) is 25.4 Å². The predicted octanol–water partition coefficient (Wildman–Crippen LogP) is 7.31. The van der Waals surface area contributed by atoms with Gasteiger partial charge in [-0.05, 0) is 94.5 Å². The lowest BCUT2D eigenvalue weighted by Crippen LogP contribution is -2.54. The summed E-state index contributed by atoms with van der Waals surface area (Å²) in [7, 11) is 0. The van der Waals surface area contributed by atoms with Gasteiger partial charge in [-0.3, -0.25) is 0 Å². The molecule has 0 aromatic heterocycles. The number of ether oxygens (including phenoxy) is 4. The van der Waals surface area contributed by atoms with Crippen molar-refractivity contribution in [2.75, 3.05) is 6.54 Å². The van der Waals surface area contributed by atoms with Gasteiger partial charge in [-0.1, -0.05) is 84.9 Å². The van der Waals surface area contributed by atoms with E-state index in [0.717, 1.165) is 22.3 Å². The van der Waals surface area contributed by atoms with E-state index in [1.807, 2.05) is 151 Å². The van der Waals surface area contributed by atoms with E-state index < -0.39 is 42.0 Å². The highest BCUT2D eigenvalue weighted by Gasteiger charge is 2.36. The van der Waals surface area contributed by atoms with Crippen LogP contribution in [0, 0.1) is 0 Å². The number of rotatable bonds is 15. The Morgan fingerprint density at radius 1 is 0.615 bits per heavy atom. The van der Waals surface area contributed by atoms with E-state index in [4.69, 9.17) is 18.9 Å². The number of alkyl carbamates (subject to hydrolysis) is 2. The van der Waals surface area contributed by atoms with Gasteiger partial charge in [-0.25, -0.2) is 9.59 Å². The predicted molar refractivity (Wildman–Crippen MR) is 200 cm³/mol. The van der Waals surface area contributed by atoms with Crippen LogP contribution in [0.4, 0.5) is 9.59 Å². The van der Waals surface area contributed by atoms with E-state index >= 15 is 0 Å². The zero-order chi connectivity index (χ0) is 37.7. The van der Waals surface area contributed by atoms with Crippen molar-refractivity contribution in [1.29, 1.82) is 0 Å². The molecule has 0 spiro atoms. The summed E-state index contributed by atoms with van der Waals surface area (Å²) < 4.78 is 22.9. The lowest BCUT2D eigenvalue weighted by Gasteiger charge is -2.34. The summed E-state index contributed by atoms with van der Waals surface area (Å²) in [5.74, 6) is 0.789. The van der Waals surface area contributed by atoms with Crippen LogP contribution in [-0.4, -0.2) is 58.4 Å². The molecular weight excluding hydrogens is 660 g/mol. The fourth-order valence-corrected chi connectivity index (χ4v) is 5.54. The second kappa shape index (κ2) is 18.4. The highest BCUT2D eigenvalue weighted by Crippen LogP contribution is 2.31. The molecule has 4 atom stereocenters. The molecule has 0 aliphatic heterocycles. The number of carbonyl (C=O) groups excluding carboxylic acids is 2.